The summed E-state index contributed by atoms with van der Waals surface area (Å²) in [6.07, 6.45) is 1.45. The molecule has 1 atom stereocenters. The first kappa shape index (κ1) is 24.5. The van der Waals surface area contributed by atoms with Gasteiger partial charge in [0, 0.05) is 20.0 Å². The molecule has 1 saturated heterocycles. The third kappa shape index (κ3) is 5.22. The minimum Gasteiger partial charge on any atom is -0.467 e. The quantitative estimate of drug-likeness (QED) is 0.422. The molecule has 36 heavy (non-hydrogen) atoms. The molecule has 0 saturated carbocycles. The van der Waals surface area contributed by atoms with E-state index in [0.717, 1.165) is 15.0 Å². The van der Waals surface area contributed by atoms with Gasteiger partial charge in [-0.1, -0.05) is 30.3 Å². The number of anilines is 2. The number of hydrogen-bond donors (Lipinski definition) is 2. The summed E-state index contributed by atoms with van der Waals surface area (Å²) in [6, 6.07) is 12.4. The van der Waals surface area contributed by atoms with E-state index in [1.807, 2.05) is 6.07 Å². The van der Waals surface area contributed by atoms with E-state index in [-0.39, 0.29) is 43.5 Å². The van der Waals surface area contributed by atoms with E-state index in [1.54, 1.807) is 36.4 Å². The number of aromatic amines is 1. The second kappa shape index (κ2) is 10.3. The predicted molar refractivity (Wildman–Crippen MR) is 128 cm³/mol. The Labute approximate surface area is 204 Å². The number of H-pyrrole nitrogens is 1. The van der Waals surface area contributed by atoms with Gasteiger partial charge in [-0.25, -0.2) is 4.79 Å². The van der Waals surface area contributed by atoms with Gasteiger partial charge in [-0.2, -0.15) is 0 Å². The Morgan fingerprint density at radius 3 is 2.58 bits per heavy atom. The van der Waals surface area contributed by atoms with Crippen LogP contribution in [0.2, 0.25) is 0 Å². The number of furan rings is 1. The number of likely N-dealkylation sites (tertiary alicyclic amines) is 1. The number of esters is 1. The second-order valence-corrected chi connectivity index (χ2v) is 8.38. The summed E-state index contributed by atoms with van der Waals surface area (Å²) in [5, 5.41) is 0. The lowest BCUT2D eigenvalue weighted by Gasteiger charge is -2.20. The van der Waals surface area contributed by atoms with Crippen molar-refractivity contribution in [1.29, 1.82) is 0 Å². The first-order chi connectivity index (χ1) is 17.2. The van der Waals surface area contributed by atoms with Crippen LogP contribution >= 0.6 is 0 Å². The molecule has 0 bridgehead atoms. The van der Waals surface area contributed by atoms with Gasteiger partial charge in [0.25, 0.3) is 11.5 Å². The number of nitrogens with one attached hydrogen (secondary N) is 1. The van der Waals surface area contributed by atoms with E-state index in [9.17, 15) is 24.0 Å². The molecule has 3 heterocycles. The maximum Gasteiger partial charge on any atom is 0.330 e. The maximum absolute atomic E-state index is 12.7. The molecule has 2 aromatic heterocycles. The van der Waals surface area contributed by atoms with Crippen molar-refractivity contribution in [2.24, 2.45) is 5.92 Å². The van der Waals surface area contributed by atoms with Gasteiger partial charge < -0.3 is 24.7 Å². The summed E-state index contributed by atoms with van der Waals surface area (Å²) in [5.41, 5.74) is 5.06. The van der Waals surface area contributed by atoms with Crippen LogP contribution in [-0.2, 0) is 32.2 Å². The van der Waals surface area contributed by atoms with Gasteiger partial charge in [-0.05, 0) is 17.7 Å². The van der Waals surface area contributed by atoms with Crippen LogP contribution in [0.15, 0.2) is 62.7 Å². The standard InChI is InChI=1S/C24H25N5O7/c1-27(20-21(25)29(24(34)26-22(20)32)11-15-6-3-2-4-7-15)19(31)14-36-23(33)16-10-18(30)28(12-16)13-17-8-5-9-35-17/h2-9,16H,10-14,25H2,1H3,(H,26,32,34)/t16-/m1/s1. The van der Waals surface area contributed by atoms with Gasteiger partial charge in [0.1, 0.15) is 11.6 Å². The molecular formula is C24H25N5O7. The van der Waals surface area contributed by atoms with Gasteiger partial charge in [0.15, 0.2) is 12.3 Å². The fraction of sp³-hybridized carbons (Fsp3) is 0.292. The van der Waals surface area contributed by atoms with Gasteiger partial charge in [-0.3, -0.25) is 28.7 Å². The molecule has 2 amide bonds. The van der Waals surface area contributed by atoms with E-state index >= 15 is 0 Å². The molecule has 1 aliphatic heterocycles. The van der Waals surface area contributed by atoms with Crippen molar-refractivity contribution in [1.82, 2.24) is 14.5 Å². The Bertz CT molecular complexity index is 1380. The molecule has 1 aliphatic rings. The molecule has 3 aromatic rings. The van der Waals surface area contributed by atoms with Crippen LogP contribution in [0, 0.1) is 5.92 Å². The van der Waals surface area contributed by atoms with Crippen molar-refractivity contribution in [2.75, 3.05) is 30.8 Å². The van der Waals surface area contributed by atoms with Crippen molar-refractivity contribution in [2.45, 2.75) is 19.5 Å². The Morgan fingerprint density at radius 2 is 1.89 bits per heavy atom. The third-order valence-corrected chi connectivity index (χ3v) is 5.92. The minimum absolute atomic E-state index is 0.0410. The largest absolute Gasteiger partial charge is 0.467 e. The normalized spacial score (nSPS) is 15.2. The highest BCUT2D eigenvalue weighted by Crippen LogP contribution is 2.22. The lowest BCUT2D eigenvalue weighted by molar-refractivity contribution is -0.151. The van der Waals surface area contributed by atoms with Crippen LogP contribution in [0.3, 0.4) is 0 Å². The number of carbonyl (C=O) groups excluding carboxylic acids is 3. The number of nitrogens with two attached hydrogens (primary N) is 1. The van der Waals surface area contributed by atoms with Gasteiger partial charge >= 0.3 is 11.7 Å². The predicted octanol–water partition coefficient (Wildman–Crippen LogP) is 0.315. The fourth-order valence-corrected chi connectivity index (χ4v) is 3.97. The van der Waals surface area contributed by atoms with Crippen molar-refractivity contribution in [3.05, 3.63) is 80.9 Å². The van der Waals surface area contributed by atoms with E-state index in [0.29, 0.717) is 5.76 Å². The Balaban J connectivity index is 1.40. The number of ether oxygens (including phenoxy) is 1. The second-order valence-electron chi connectivity index (χ2n) is 8.38. The summed E-state index contributed by atoms with van der Waals surface area (Å²) >= 11 is 0. The zero-order chi connectivity index (χ0) is 25.8. The topological polar surface area (TPSA) is 161 Å². The maximum atomic E-state index is 12.7. The van der Waals surface area contributed by atoms with Crippen molar-refractivity contribution < 1.29 is 23.5 Å². The molecule has 0 aliphatic carbocycles. The third-order valence-electron chi connectivity index (χ3n) is 5.92. The molecule has 0 unspecified atom stereocenters. The van der Waals surface area contributed by atoms with Crippen LogP contribution in [0.1, 0.15) is 17.7 Å². The number of hydrogen-bond acceptors (Lipinski definition) is 8. The van der Waals surface area contributed by atoms with Crippen LogP contribution in [0.25, 0.3) is 0 Å². The first-order valence-electron chi connectivity index (χ1n) is 11.1. The van der Waals surface area contributed by atoms with Crippen LogP contribution in [0.4, 0.5) is 11.5 Å². The number of carbonyl (C=O) groups is 3. The molecule has 0 spiro atoms. The molecule has 188 valence electrons. The molecule has 12 heteroatoms. The smallest absolute Gasteiger partial charge is 0.330 e. The summed E-state index contributed by atoms with van der Waals surface area (Å²) in [7, 11) is 1.29. The lowest BCUT2D eigenvalue weighted by Crippen LogP contribution is -2.41. The van der Waals surface area contributed by atoms with Gasteiger partial charge in [0.2, 0.25) is 5.91 Å². The summed E-state index contributed by atoms with van der Waals surface area (Å²) in [5.74, 6) is -2.01. The highest BCUT2D eigenvalue weighted by atomic mass is 16.5. The fourth-order valence-electron chi connectivity index (χ4n) is 3.97. The molecule has 12 nitrogen and oxygen atoms in total. The average Bonchev–Trinajstić information content (AvgIpc) is 3.50. The van der Waals surface area contributed by atoms with Gasteiger partial charge in [0.05, 0.1) is 25.3 Å². The monoisotopic (exact) mass is 495 g/mol. The van der Waals surface area contributed by atoms with Crippen LogP contribution in [0.5, 0.6) is 0 Å². The number of amides is 2. The number of rotatable bonds is 8. The van der Waals surface area contributed by atoms with Crippen LogP contribution < -0.4 is 21.9 Å². The number of nitrogen functional groups attached to an aromatic ring is 1. The SMILES string of the molecule is CN(C(=O)COC(=O)[C@@H]1CC(=O)N(Cc2ccco2)C1)c1c(N)n(Cc2ccccc2)c(=O)[nH]c1=O. The highest BCUT2D eigenvalue weighted by Gasteiger charge is 2.36. The molecular weight excluding hydrogens is 470 g/mol. The van der Waals surface area contributed by atoms with Crippen molar-refractivity contribution in [3.8, 4) is 0 Å². The van der Waals surface area contributed by atoms with E-state index in [2.05, 4.69) is 4.98 Å². The number of likely N-dealkylation sites (N-methyl/N-ethyl adjacent to an activating group) is 1. The number of nitrogens with zero attached hydrogens (tertiary/aromatic N) is 3. The average molecular weight is 495 g/mol. The van der Waals surface area contributed by atoms with Crippen molar-refractivity contribution >= 4 is 29.3 Å². The Morgan fingerprint density at radius 1 is 1.14 bits per heavy atom. The molecule has 1 aromatic carbocycles. The lowest BCUT2D eigenvalue weighted by atomic mass is 10.1. The highest BCUT2D eigenvalue weighted by molar-refractivity contribution is 5.97. The zero-order valence-electron chi connectivity index (χ0n) is 19.5. The summed E-state index contributed by atoms with van der Waals surface area (Å²) in [6.45, 7) is -0.219. The summed E-state index contributed by atoms with van der Waals surface area (Å²) < 4.78 is 11.5. The number of benzene rings is 1. The Kier molecular flexibility index (Phi) is 7.04. The van der Waals surface area contributed by atoms with Gasteiger partial charge in [-0.15, -0.1) is 0 Å². The number of aromatic nitrogens is 2. The van der Waals surface area contributed by atoms with E-state index in [1.165, 1.54) is 18.2 Å². The van der Waals surface area contributed by atoms with Crippen LogP contribution in [-0.4, -0.2) is 52.4 Å². The molecule has 3 N–H and O–H groups in total. The van der Waals surface area contributed by atoms with E-state index in [4.69, 9.17) is 14.9 Å². The summed E-state index contributed by atoms with van der Waals surface area (Å²) in [4.78, 5) is 66.8. The minimum atomic E-state index is -0.848. The first-order valence-corrected chi connectivity index (χ1v) is 11.1. The zero-order valence-corrected chi connectivity index (χ0v) is 19.5. The molecule has 1 fully saturated rings. The molecule has 4 rings (SSSR count). The van der Waals surface area contributed by atoms with Crippen molar-refractivity contribution in [3.63, 3.8) is 0 Å². The van der Waals surface area contributed by atoms with E-state index < -0.39 is 35.7 Å². The molecule has 0 radical (unpaired) electrons. The Hall–Kier alpha value is -4.61.